The van der Waals surface area contributed by atoms with E-state index in [0.29, 0.717) is 13.0 Å². The minimum Gasteiger partial charge on any atom is -0.466 e. The van der Waals surface area contributed by atoms with Crippen LogP contribution in [0, 0.1) is 0 Å². The van der Waals surface area contributed by atoms with Gasteiger partial charge in [0.1, 0.15) is 5.65 Å². The van der Waals surface area contributed by atoms with Gasteiger partial charge in [-0.05, 0) is 24.6 Å². The molecule has 0 aromatic carbocycles. The minimum atomic E-state index is -0.206. The minimum absolute atomic E-state index is 0.206. The first-order valence-electron chi connectivity index (χ1n) is 4.88. The molecule has 0 saturated heterocycles. The molecule has 4 nitrogen and oxygen atoms in total. The molecule has 0 aliphatic heterocycles. The van der Waals surface area contributed by atoms with Crippen molar-refractivity contribution >= 4 is 17.0 Å². The van der Waals surface area contributed by atoms with Crippen molar-refractivity contribution in [2.24, 2.45) is 0 Å². The fraction of sp³-hybridized carbons (Fsp3) is 0.273. The van der Waals surface area contributed by atoms with Crippen LogP contribution in [0.25, 0.3) is 11.0 Å². The van der Waals surface area contributed by atoms with E-state index in [1.807, 2.05) is 12.1 Å². The second kappa shape index (κ2) is 4.13. The highest BCUT2D eigenvalue weighted by atomic mass is 16.5. The predicted molar refractivity (Wildman–Crippen MR) is 56.4 cm³/mol. The molecule has 0 radical (unpaired) electrons. The highest BCUT2D eigenvalue weighted by Crippen LogP contribution is 2.16. The Balaban J connectivity index is 2.25. The van der Waals surface area contributed by atoms with Crippen LogP contribution in [0.15, 0.2) is 24.5 Å². The summed E-state index contributed by atoms with van der Waals surface area (Å²) in [5.74, 6) is -0.206. The number of hydrogen-bond acceptors (Lipinski definition) is 3. The van der Waals surface area contributed by atoms with Crippen molar-refractivity contribution in [1.82, 2.24) is 9.97 Å². The average Bonchev–Trinajstić information content (AvgIpc) is 2.62. The van der Waals surface area contributed by atoms with Gasteiger partial charge in [0.2, 0.25) is 0 Å². The lowest BCUT2D eigenvalue weighted by Crippen LogP contribution is -2.06. The van der Waals surface area contributed by atoms with Crippen LogP contribution in [0.5, 0.6) is 0 Å². The monoisotopic (exact) mass is 204 g/mol. The number of aromatic nitrogens is 2. The van der Waals surface area contributed by atoms with Crippen LogP contribution >= 0.6 is 0 Å². The number of nitrogens with zero attached hydrogens (tertiary/aromatic N) is 1. The van der Waals surface area contributed by atoms with E-state index in [4.69, 9.17) is 4.74 Å². The van der Waals surface area contributed by atoms with E-state index in [0.717, 1.165) is 16.6 Å². The maximum absolute atomic E-state index is 11.3. The Morgan fingerprint density at radius 3 is 3.27 bits per heavy atom. The molecule has 0 atom stereocenters. The van der Waals surface area contributed by atoms with E-state index >= 15 is 0 Å². The topological polar surface area (TPSA) is 55.0 Å². The van der Waals surface area contributed by atoms with Crippen molar-refractivity contribution in [2.75, 3.05) is 6.61 Å². The lowest BCUT2D eigenvalue weighted by molar-refractivity contribution is -0.142. The Hall–Kier alpha value is -1.84. The summed E-state index contributed by atoms with van der Waals surface area (Å²) in [5, 5.41) is 0.977. The normalized spacial score (nSPS) is 10.5. The lowest BCUT2D eigenvalue weighted by Gasteiger charge is -1.99. The van der Waals surface area contributed by atoms with Crippen molar-refractivity contribution in [3.05, 3.63) is 30.1 Å². The van der Waals surface area contributed by atoms with E-state index in [1.54, 1.807) is 19.3 Å². The van der Waals surface area contributed by atoms with Gasteiger partial charge in [0.15, 0.2) is 0 Å². The van der Waals surface area contributed by atoms with E-state index < -0.39 is 0 Å². The third-order valence-electron chi connectivity index (χ3n) is 2.18. The van der Waals surface area contributed by atoms with Crippen LogP contribution < -0.4 is 0 Å². The predicted octanol–water partition coefficient (Wildman–Crippen LogP) is 1.67. The molecule has 15 heavy (non-hydrogen) atoms. The Labute approximate surface area is 87.3 Å². The summed E-state index contributed by atoms with van der Waals surface area (Å²) in [4.78, 5) is 18.5. The standard InChI is InChI=1S/C11H12N2O2/c1-2-15-10(14)6-8-7-13-11-9(8)4-3-5-12-11/h3-5,7H,2,6H2,1H3,(H,12,13). The fourth-order valence-corrected chi connectivity index (χ4v) is 1.53. The van der Waals surface area contributed by atoms with Crippen molar-refractivity contribution in [3.8, 4) is 0 Å². The molecule has 0 amide bonds. The molecule has 2 aromatic rings. The van der Waals surface area contributed by atoms with Crippen LogP contribution in [-0.2, 0) is 16.0 Å². The SMILES string of the molecule is CCOC(=O)Cc1c[nH]c2ncccc12. The van der Waals surface area contributed by atoms with Crippen molar-refractivity contribution in [2.45, 2.75) is 13.3 Å². The molecule has 0 spiro atoms. The van der Waals surface area contributed by atoms with E-state index in [1.165, 1.54) is 0 Å². The number of carbonyl (C=O) groups excluding carboxylic acids is 1. The van der Waals surface area contributed by atoms with Crippen molar-refractivity contribution < 1.29 is 9.53 Å². The first kappa shape index (κ1) is 9.71. The summed E-state index contributed by atoms with van der Waals surface area (Å²) >= 11 is 0. The summed E-state index contributed by atoms with van der Waals surface area (Å²) in [7, 11) is 0. The van der Waals surface area contributed by atoms with Crippen LogP contribution in [0.4, 0.5) is 0 Å². The molecule has 0 aliphatic rings. The first-order valence-corrected chi connectivity index (χ1v) is 4.88. The van der Waals surface area contributed by atoms with Gasteiger partial charge in [-0.2, -0.15) is 0 Å². The molecule has 2 heterocycles. The highest BCUT2D eigenvalue weighted by Gasteiger charge is 2.09. The van der Waals surface area contributed by atoms with Crippen molar-refractivity contribution in [1.29, 1.82) is 0 Å². The van der Waals surface area contributed by atoms with Gasteiger partial charge in [0.25, 0.3) is 0 Å². The van der Waals surface area contributed by atoms with Gasteiger partial charge in [-0.15, -0.1) is 0 Å². The van der Waals surface area contributed by atoms with E-state index in [-0.39, 0.29) is 5.97 Å². The smallest absolute Gasteiger partial charge is 0.310 e. The summed E-state index contributed by atoms with van der Waals surface area (Å²) in [5.41, 5.74) is 1.73. The molecule has 0 aliphatic carbocycles. The number of H-pyrrole nitrogens is 1. The Morgan fingerprint density at radius 1 is 1.60 bits per heavy atom. The molecule has 0 fully saturated rings. The highest BCUT2D eigenvalue weighted by molar-refractivity contribution is 5.84. The van der Waals surface area contributed by atoms with E-state index in [2.05, 4.69) is 9.97 Å². The Morgan fingerprint density at radius 2 is 2.47 bits per heavy atom. The zero-order valence-electron chi connectivity index (χ0n) is 8.49. The number of nitrogens with one attached hydrogen (secondary N) is 1. The van der Waals surface area contributed by atoms with Gasteiger partial charge >= 0.3 is 5.97 Å². The number of ether oxygens (including phenoxy) is 1. The molecule has 0 bridgehead atoms. The van der Waals surface area contributed by atoms with Gasteiger partial charge in [0, 0.05) is 17.8 Å². The Kier molecular flexibility index (Phi) is 2.67. The van der Waals surface area contributed by atoms with Gasteiger partial charge in [-0.1, -0.05) is 0 Å². The fourth-order valence-electron chi connectivity index (χ4n) is 1.53. The molecular weight excluding hydrogens is 192 g/mol. The number of aromatic amines is 1. The third kappa shape index (κ3) is 1.98. The van der Waals surface area contributed by atoms with Crippen molar-refractivity contribution in [3.63, 3.8) is 0 Å². The van der Waals surface area contributed by atoms with Crippen LogP contribution in [0.2, 0.25) is 0 Å². The quantitative estimate of drug-likeness (QED) is 0.774. The number of rotatable bonds is 3. The third-order valence-corrected chi connectivity index (χ3v) is 2.18. The zero-order chi connectivity index (χ0) is 10.7. The van der Waals surface area contributed by atoms with Crippen LogP contribution in [-0.4, -0.2) is 22.5 Å². The molecule has 0 saturated carbocycles. The lowest BCUT2D eigenvalue weighted by atomic mass is 10.1. The summed E-state index contributed by atoms with van der Waals surface area (Å²) < 4.78 is 4.89. The second-order valence-electron chi connectivity index (χ2n) is 3.20. The average molecular weight is 204 g/mol. The van der Waals surface area contributed by atoms with Gasteiger partial charge in [0.05, 0.1) is 13.0 Å². The molecule has 1 N–H and O–H groups in total. The number of carbonyl (C=O) groups is 1. The number of pyridine rings is 1. The summed E-state index contributed by atoms with van der Waals surface area (Å²) in [6.45, 7) is 2.22. The Bertz CT molecular complexity index is 476. The van der Waals surface area contributed by atoms with Gasteiger partial charge in [-0.25, -0.2) is 4.98 Å². The number of hydrogen-bond donors (Lipinski definition) is 1. The number of esters is 1. The molecule has 2 rings (SSSR count). The van der Waals surface area contributed by atoms with E-state index in [9.17, 15) is 4.79 Å². The first-order chi connectivity index (χ1) is 7.31. The maximum Gasteiger partial charge on any atom is 0.310 e. The molecule has 4 heteroatoms. The maximum atomic E-state index is 11.3. The molecule has 0 unspecified atom stereocenters. The molecule has 78 valence electrons. The summed E-state index contributed by atoms with van der Waals surface area (Å²) in [6, 6.07) is 3.79. The van der Waals surface area contributed by atoms with Crippen LogP contribution in [0.3, 0.4) is 0 Å². The molecular formula is C11H12N2O2. The van der Waals surface area contributed by atoms with Crippen LogP contribution in [0.1, 0.15) is 12.5 Å². The van der Waals surface area contributed by atoms with Gasteiger partial charge in [-0.3, -0.25) is 4.79 Å². The zero-order valence-corrected chi connectivity index (χ0v) is 8.49. The molecule has 2 aromatic heterocycles. The second-order valence-corrected chi connectivity index (χ2v) is 3.20. The number of fused-ring (bicyclic) bond motifs is 1. The largest absolute Gasteiger partial charge is 0.466 e. The summed E-state index contributed by atoms with van der Waals surface area (Å²) in [6.07, 6.45) is 3.81. The van der Waals surface area contributed by atoms with Gasteiger partial charge < -0.3 is 9.72 Å².